The Balaban J connectivity index is 2.51. The maximum absolute atomic E-state index is 8.75. The lowest BCUT2D eigenvalue weighted by Gasteiger charge is -2.23. The molecule has 2 unspecified atom stereocenters. The zero-order chi connectivity index (χ0) is 9.68. The normalized spacial score (nSPS) is 28.3. The molecule has 3 heteroatoms. The molecule has 0 radical (unpaired) electrons. The minimum atomic E-state index is 0.0693. The first-order valence-corrected chi connectivity index (χ1v) is 4.88. The van der Waals surface area contributed by atoms with Crippen molar-refractivity contribution in [3.8, 4) is 6.07 Å². The molecule has 0 spiro atoms. The van der Waals surface area contributed by atoms with E-state index in [-0.39, 0.29) is 5.92 Å². The van der Waals surface area contributed by atoms with E-state index in [1.54, 1.807) is 0 Å². The molecule has 72 valence electrons. The van der Waals surface area contributed by atoms with Crippen LogP contribution < -0.4 is 0 Å². The van der Waals surface area contributed by atoms with Crippen LogP contribution >= 0.6 is 0 Å². The lowest BCUT2D eigenvalue weighted by Crippen LogP contribution is -2.21. The molecule has 1 aliphatic rings. The number of hydrogen-bond donors (Lipinski definition) is 1. The molecule has 1 rings (SSSR count). The molecule has 0 bridgehead atoms. The van der Waals surface area contributed by atoms with Crippen molar-refractivity contribution in [2.45, 2.75) is 39.0 Å². The number of oxime groups is 1. The van der Waals surface area contributed by atoms with E-state index in [0.29, 0.717) is 5.92 Å². The van der Waals surface area contributed by atoms with E-state index in [4.69, 9.17) is 10.5 Å². The maximum Gasteiger partial charge on any atom is 0.0653 e. The van der Waals surface area contributed by atoms with Crippen molar-refractivity contribution in [3.05, 3.63) is 0 Å². The Labute approximate surface area is 79.1 Å². The first kappa shape index (κ1) is 10.0. The van der Waals surface area contributed by atoms with Crippen molar-refractivity contribution in [1.29, 1.82) is 5.26 Å². The monoisotopic (exact) mass is 180 g/mol. The molecule has 0 aliphatic heterocycles. The van der Waals surface area contributed by atoms with Crippen LogP contribution in [-0.4, -0.2) is 10.9 Å². The predicted molar refractivity (Wildman–Crippen MR) is 50.6 cm³/mol. The number of rotatable bonds is 2. The average Bonchev–Trinajstić information content (AvgIpc) is 2.18. The van der Waals surface area contributed by atoms with Gasteiger partial charge in [-0.1, -0.05) is 11.6 Å². The van der Waals surface area contributed by atoms with Gasteiger partial charge in [0.05, 0.1) is 11.8 Å². The van der Waals surface area contributed by atoms with E-state index in [0.717, 1.165) is 31.4 Å². The molecule has 3 nitrogen and oxygen atoms in total. The van der Waals surface area contributed by atoms with Gasteiger partial charge >= 0.3 is 0 Å². The highest BCUT2D eigenvalue weighted by molar-refractivity contribution is 5.86. The molecule has 0 aromatic carbocycles. The minimum Gasteiger partial charge on any atom is -0.411 e. The Morgan fingerprint density at radius 3 is 3.08 bits per heavy atom. The Bertz CT molecular complexity index is 230. The van der Waals surface area contributed by atoms with Gasteiger partial charge in [-0.2, -0.15) is 5.26 Å². The second-order valence-electron chi connectivity index (χ2n) is 3.80. The van der Waals surface area contributed by atoms with Gasteiger partial charge in [0.2, 0.25) is 0 Å². The highest BCUT2D eigenvalue weighted by atomic mass is 16.4. The summed E-state index contributed by atoms with van der Waals surface area (Å²) in [7, 11) is 0. The predicted octanol–water partition coefficient (Wildman–Crippen LogP) is 2.56. The van der Waals surface area contributed by atoms with Crippen molar-refractivity contribution in [2.75, 3.05) is 0 Å². The van der Waals surface area contributed by atoms with Crippen LogP contribution in [0.3, 0.4) is 0 Å². The van der Waals surface area contributed by atoms with Gasteiger partial charge in [-0.3, -0.25) is 0 Å². The second-order valence-corrected chi connectivity index (χ2v) is 3.80. The summed E-state index contributed by atoms with van der Waals surface area (Å²) in [4.78, 5) is 0. The molecule has 1 fully saturated rings. The molecule has 1 saturated carbocycles. The smallest absolute Gasteiger partial charge is 0.0653 e. The van der Waals surface area contributed by atoms with Crippen molar-refractivity contribution in [1.82, 2.24) is 0 Å². The van der Waals surface area contributed by atoms with Crippen LogP contribution in [-0.2, 0) is 0 Å². The topological polar surface area (TPSA) is 56.4 Å². The summed E-state index contributed by atoms with van der Waals surface area (Å²) >= 11 is 0. The summed E-state index contributed by atoms with van der Waals surface area (Å²) in [5.41, 5.74) is 0.897. The van der Waals surface area contributed by atoms with Gasteiger partial charge < -0.3 is 5.21 Å². The van der Waals surface area contributed by atoms with Gasteiger partial charge in [-0.25, -0.2) is 0 Å². The van der Waals surface area contributed by atoms with Crippen LogP contribution in [0.25, 0.3) is 0 Å². The summed E-state index contributed by atoms with van der Waals surface area (Å²) in [5.74, 6) is 0.410. The third-order valence-electron chi connectivity index (χ3n) is 2.69. The van der Waals surface area contributed by atoms with E-state index in [1.807, 2.05) is 6.92 Å². The van der Waals surface area contributed by atoms with E-state index in [9.17, 15) is 0 Å². The molecule has 0 aromatic heterocycles. The molecule has 0 saturated heterocycles. The SMILES string of the molecule is CC(C#N)CC1CCCCC1=NO. The Morgan fingerprint density at radius 1 is 1.69 bits per heavy atom. The van der Waals surface area contributed by atoms with Crippen LogP contribution in [0.15, 0.2) is 5.16 Å². The van der Waals surface area contributed by atoms with Crippen molar-refractivity contribution < 1.29 is 5.21 Å². The van der Waals surface area contributed by atoms with E-state index >= 15 is 0 Å². The fourth-order valence-electron chi connectivity index (χ4n) is 1.93. The Morgan fingerprint density at radius 2 is 2.46 bits per heavy atom. The molecule has 0 amide bonds. The molecular weight excluding hydrogens is 164 g/mol. The lowest BCUT2D eigenvalue weighted by atomic mass is 9.82. The summed E-state index contributed by atoms with van der Waals surface area (Å²) in [5, 5.41) is 20.7. The molecule has 0 aromatic rings. The van der Waals surface area contributed by atoms with Crippen LogP contribution in [0, 0.1) is 23.2 Å². The van der Waals surface area contributed by atoms with Crippen LogP contribution in [0.1, 0.15) is 39.0 Å². The Kier molecular flexibility index (Phi) is 3.75. The highest BCUT2D eigenvalue weighted by Gasteiger charge is 2.22. The minimum absolute atomic E-state index is 0.0693. The van der Waals surface area contributed by atoms with Gasteiger partial charge in [-0.15, -0.1) is 0 Å². The zero-order valence-electron chi connectivity index (χ0n) is 8.03. The van der Waals surface area contributed by atoms with Crippen LogP contribution in [0.2, 0.25) is 0 Å². The standard InChI is InChI=1S/C10H16N2O/c1-8(7-11)6-9-4-2-3-5-10(9)12-13/h8-9,13H,2-6H2,1H3. The fourth-order valence-corrected chi connectivity index (χ4v) is 1.93. The summed E-state index contributed by atoms with van der Waals surface area (Å²) in [6.45, 7) is 1.92. The van der Waals surface area contributed by atoms with Crippen molar-refractivity contribution >= 4 is 5.71 Å². The number of nitrogens with zero attached hydrogens (tertiary/aromatic N) is 2. The maximum atomic E-state index is 8.75. The summed E-state index contributed by atoms with van der Waals surface area (Å²) < 4.78 is 0. The number of nitriles is 1. The van der Waals surface area contributed by atoms with Crippen LogP contribution in [0.4, 0.5) is 0 Å². The number of hydrogen-bond acceptors (Lipinski definition) is 3. The third kappa shape index (κ3) is 2.73. The van der Waals surface area contributed by atoms with E-state index < -0.39 is 0 Å². The van der Waals surface area contributed by atoms with Gasteiger partial charge in [0.15, 0.2) is 0 Å². The molecule has 1 aliphatic carbocycles. The van der Waals surface area contributed by atoms with Crippen LogP contribution in [0.5, 0.6) is 0 Å². The quantitative estimate of drug-likeness (QED) is 0.524. The zero-order valence-corrected chi connectivity index (χ0v) is 8.03. The fraction of sp³-hybridized carbons (Fsp3) is 0.800. The average molecular weight is 180 g/mol. The summed E-state index contributed by atoms with van der Waals surface area (Å²) in [6, 6.07) is 2.22. The molecule has 1 N–H and O–H groups in total. The van der Waals surface area contributed by atoms with Gasteiger partial charge in [-0.05, 0) is 32.6 Å². The Hall–Kier alpha value is -1.04. The van der Waals surface area contributed by atoms with Crippen molar-refractivity contribution in [2.24, 2.45) is 17.0 Å². The van der Waals surface area contributed by atoms with E-state index in [2.05, 4.69) is 11.2 Å². The largest absolute Gasteiger partial charge is 0.411 e. The van der Waals surface area contributed by atoms with Gasteiger partial charge in [0.1, 0.15) is 0 Å². The van der Waals surface area contributed by atoms with Gasteiger partial charge in [0.25, 0.3) is 0 Å². The first-order valence-electron chi connectivity index (χ1n) is 4.88. The highest BCUT2D eigenvalue weighted by Crippen LogP contribution is 2.26. The van der Waals surface area contributed by atoms with Gasteiger partial charge in [0, 0.05) is 11.8 Å². The molecule has 13 heavy (non-hydrogen) atoms. The van der Waals surface area contributed by atoms with Crippen molar-refractivity contribution in [3.63, 3.8) is 0 Å². The van der Waals surface area contributed by atoms with E-state index in [1.165, 1.54) is 6.42 Å². The first-order chi connectivity index (χ1) is 6.27. The third-order valence-corrected chi connectivity index (χ3v) is 2.69. The lowest BCUT2D eigenvalue weighted by molar-refractivity contribution is 0.306. The second kappa shape index (κ2) is 4.86. The molecule has 2 atom stereocenters. The molecular formula is C10H16N2O. The summed E-state index contributed by atoms with van der Waals surface area (Å²) in [6.07, 6.45) is 5.14. The molecule has 0 heterocycles.